The molecule has 0 fully saturated rings. The Morgan fingerprint density at radius 1 is 1.53 bits per heavy atom. The first-order valence-corrected chi connectivity index (χ1v) is 4.50. The van der Waals surface area contributed by atoms with Gasteiger partial charge in [0, 0.05) is 0 Å². The summed E-state index contributed by atoms with van der Waals surface area (Å²) in [5.41, 5.74) is 1.11. The van der Waals surface area contributed by atoms with Crippen molar-refractivity contribution in [2.45, 2.75) is 20.0 Å². The van der Waals surface area contributed by atoms with Gasteiger partial charge in [-0.25, -0.2) is 4.79 Å². The third-order valence-corrected chi connectivity index (χ3v) is 2.01. The molecule has 0 amide bonds. The SMILES string of the molecule is Cc1cccc(C=O)c1OC(C)C(=O)O. The second-order valence-electron chi connectivity index (χ2n) is 3.21. The fourth-order valence-corrected chi connectivity index (χ4v) is 1.16. The van der Waals surface area contributed by atoms with Crippen LogP contribution in [0.1, 0.15) is 22.8 Å². The molecule has 1 aromatic rings. The summed E-state index contributed by atoms with van der Waals surface area (Å²) in [4.78, 5) is 21.3. The number of ether oxygens (including phenoxy) is 1. The Labute approximate surface area is 87.5 Å². The zero-order valence-corrected chi connectivity index (χ0v) is 8.56. The first kappa shape index (κ1) is 11.2. The molecule has 0 aliphatic rings. The van der Waals surface area contributed by atoms with Crippen LogP contribution in [0.15, 0.2) is 18.2 Å². The first-order chi connectivity index (χ1) is 7.06. The fraction of sp³-hybridized carbons (Fsp3) is 0.273. The summed E-state index contributed by atoms with van der Waals surface area (Å²) < 4.78 is 5.20. The summed E-state index contributed by atoms with van der Waals surface area (Å²) in [6.07, 6.45) is -0.318. The number of aldehydes is 1. The molecule has 0 spiro atoms. The molecule has 4 nitrogen and oxygen atoms in total. The molecule has 0 bridgehead atoms. The Bertz CT molecular complexity index is 384. The number of para-hydroxylation sites is 1. The van der Waals surface area contributed by atoms with E-state index in [-0.39, 0.29) is 0 Å². The van der Waals surface area contributed by atoms with Gasteiger partial charge in [-0.2, -0.15) is 0 Å². The molecule has 1 aromatic carbocycles. The second-order valence-corrected chi connectivity index (χ2v) is 3.21. The summed E-state index contributed by atoms with van der Waals surface area (Å²) in [6.45, 7) is 3.18. The number of carbonyl (C=O) groups excluding carboxylic acids is 1. The highest BCUT2D eigenvalue weighted by atomic mass is 16.5. The Hall–Kier alpha value is -1.84. The van der Waals surface area contributed by atoms with Gasteiger partial charge in [-0.3, -0.25) is 4.79 Å². The van der Waals surface area contributed by atoms with E-state index >= 15 is 0 Å². The standard InChI is InChI=1S/C11H12O4/c1-7-4-3-5-9(6-12)10(7)15-8(2)11(13)14/h3-6,8H,1-2H3,(H,13,14). The van der Waals surface area contributed by atoms with Crippen molar-refractivity contribution in [3.05, 3.63) is 29.3 Å². The zero-order chi connectivity index (χ0) is 11.4. The Balaban J connectivity index is 3.02. The van der Waals surface area contributed by atoms with Gasteiger partial charge in [0.15, 0.2) is 12.4 Å². The Kier molecular flexibility index (Phi) is 3.44. The molecular formula is C11H12O4. The normalized spacial score (nSPS) is 11.9. The van der Waals surface area contributed by atoms with E-state index in [2.05, 4.69) is 0 Å². The number of carboxylic acids is 1. The Morgan fingerprint density at radius 2 is 2.20 bits per heavy atom. The van der Waals surface area contributed by atoms with Crippen molar-refractivity contribution in [1.29, 1.82) is 0 Å². The highest BCUT2D eigenvalue weighted by Gasteiger charge is 2.15. The van der Waals surface area contributed by atoms with Crippen molar-refractivity contribution in [2.24, 2.45) is 0 Å². The molecule has 0 heterocycles. The number of aryl methyl sites for hydroxylation is 1. The molecule has 15 heavy (non-hydrogen) atoms. The molecular weight excluding hydrogens is 196 g/mol. The molecule has 0 aliphatic carbocycles. The number of aliphatic carboxylic acids is 1. The van der Waals surface area contributed by atoms with Crippen LogP contribution >= 0.6 is 0 Å². The van der Waals surface area contributed by atoms with Crippen LogP contribution in [0.5, 0.6) is 5.75 Å². The molecule has 0 aromatic heterocycles. The van der Waals surface area contributed by atoms with E-state index in [1.807, 2.05) is 0 Å². The smallest absolute Gasteiger partial charge is 0.344 e. The van der Waals surface area contributed by atoms with Crippen molar-refractivity contribution >= 4 is 12.3 Å². The molecule has 1 unspecified atom stereocenters. The van der Waals surface area contributed by atoms with Gasteiger partial charge in [0.2, 0.25) is 0 Å². The fourth-order valence-electron chi connectivity index (χ4n) is 1.16. The van der Waals surface area contributed by atoms with Crippen LogP contribution in [0.25, 0.3) is 0 Å². The summed E-state index contributed by atoms with van der Waals surface area (Å²) in [7, 11) is 0. The van der Waals surface area contributed by atoms with E-state index in [1.54, 1.807) is 25.1 Å². The predicted molar refractivity (Wildman–Crippen MR) is 54.3 cm³/mol. The van der Waals surface area contributed by atoms with E-state index in [1.165, 1.54) is 6.92 Å². The van der Waals surface area contributed by atoms with E-state index in [4.69, 9.17) is 9.84 Å². The van der Waals surface area contributed by atoms with Gasteiger partial charge >= 0.3 is 5.97 Å². The average Bonchev–Trinajstić information content (AvgIpc) is 2.20. The third kappa shape index (κ3) is 2.56. The minimum Gasteiger partial charge on any atom is -0.479 e. The van der Waals surface area contributed by atoms with Crippen LogP contribution < -0.4 is 4.74 Å². The van der Waals surface area contributed by atoms with Crippen LogP contribution in [-0.4, -0.2) is 23.5 Å². The number of carbonyl (C=O) groups is 2. The summed E-state index contributed by atoms with van der Waals surface area (Å²) in [5.74, 6) is -0.725. The summed E-state index contributed by atoms with van der Waals surface area (Å²) in [5, 5.41) is 8.68. The maximum absolute atomic E-state index is 10.7. The maximum Gasteiger partial charge on any atom is 0.344 e. The number of hydrogen-bond donors (Lipinski definition) is 1. The number of benzene rings is 1. The van der Waals surface area contributed by atoms with Gasteiger partial charge in [-0.15, -0.1) is 0 Å². The number of hydrogen-bond acceptors (Lipinski definition) is 3. The quantitative estimate of drug-likeness (QED) is 0.764. The van der Waals surface area contributed by atoms with Gasteiger partial charge < -0.3 is 9.84 Å². The lowest BCUT2D eigenvalue weighted by Crippen LogP contribution is -2.23. The first-order valence-electron chi connectivity index (χ1n) is 4.50. The van der Waals surface area contributed by atoms with Crippen LogP contribution in [-0.2, 0) is 4.79 Å². The van der Waals surface area contributed by atoms with E-state index in [0.717, 1.165) is 5.56 Å². The molecule has 0 radical (unpaired) electrons. The lowest BCUT2D eigenvalue weighted by Gasteiger charge is -2.14. The number of carboxylic acid groups (broad SMARTS) is 1. The summed E-state index contributed by atoms with van der Waals surface area (Å²) >= 11 is 0. The summed E-state index contributed by atoms with van der Waals surface area (Å²) in [6, 6.07) is 5.07. The minimum atomic E-state index is -1.06. The zero-order valence-electron chi connectivity index (χ0n) is 8.56. The molecule has 0 saturated carbocycles. The van der Waals surface area contributed by atoms with Crippen molar-refractivity contribution in [2.75, 3.05) is 0 Å². The molecule has 0 saturated heterocycles. The van der Waals surface area contributed by atoms with Gasteiger partial charge in [-0.05, 0) is 25.5 Å². The average molecular weight is 208 g/mol. The molecule has 0 aliphatic heterocycles. The lowest BCUT2D eigenvalue weighted by molar-refractivity contribution is -0.144. The van der Waals surface area contributed by atoms with Crippen LogP contribution in [0, 0.1) is 6.92 Å². The van der Waals surface area contributed by atoms with Crippen molar-refractivity contribution < 1.29 is 19.4 Å². The van der Waals surface area contributed by atoms with Crippen molar-refractivity contribution in [3.63, 3.8) is 0 Å². The molecule has 1 rings (SSSR count). The van der Waals surface area contributed by atoms with Crippen molar-refractivity contribution in [3.8, 4) is 5.75 Å². The van der Waals surface area contributed by atoms with Gasteiger partial charge in [0.25, 0.3) is 0 Å². The second kappa shape index (κ2) is 4.59. The molecule has 1 atom stereocenters. The van der Waals surface area contributed by atoms with E-state index < -0.39 is 12.1 Å². The van der Waals surface area contributed by atoms with Gasteiger partial charge in [0.1, 0.15) is 5.75 Å². The van der Waals surface area contributed by atoms with Gasteiger partial charge in [-0.1, -0.05) is 12.1 Å². The topological polar surface area (TPSA) is 63.6 Å². The highest BCUT2D eigenvalue weighted by molar-refractivity contribution is 5.81. The lowest BCUT2D eigenvalue weighted by atomic mass is 10.1. The van der Waals surface area contributed by atoms with Gasteiger partial charge in [0.05, 0.1) is 5.56 Å². The van der Waals surface area contributed by atoms with E-state index in [9.17, 15) is 9.59 Å². The van der Waals surface area contributed by atoms with Crippen LogP contribution in [0.2, 0.25) is 0 Å². The number of rotatable bonds is 4. The minimum absolute atomic E-state index is 0.336. The van der Waals surface area contributed by atoms with E-state index in [0.29, 0.717) is 17.6 Å². The van der Waals surface area contributed by atoms with Crippen LogP contribution in [0.4, 0.5) is 0 Å². The largest absolute Gasteiger partial charge is 0.479 e. The van der Waals surface area contributed by atoms with Crippen LogP contribution in [0.3, 0.4) is 0 Å². The highest BCUT2D eigenvalue weighted by Crippen LogP contribution is 2.22. The molecule has 80 valence electrons. The molecule has 4 heteroatoms. The predicted octanol–water partition coefficient (Wildman–Crippen LogP) is 1.66. The monoisotopic (exact) mass is 208 g/mol. The molecule has 1 N–H and O–H groups in total. The van der Waals surface area contributed by atoms with Crippen molar-refractivity contribution in [1.82, 2.24) is 0 Å². The third-order valence-electron chi connectivity index (χ3n) is 2.01. The maximum atomic E-state index is 10.7. The Morgan fingerprint density at radius 3 is 2.73 bits per heavy atom.